The van der Waals surface area contributed by atoms with Gasteiger partial charge in [-0.1, -0.05) is 18.2 Å². The Balaban J connectivity index is 1.46. The first-order valence-corrected chi connectivity index (χ1v) is 9.28. The predicted octanol–water partition coefficient (Wildman–Crippen LogP) is 3.79. The first kappa shape index (κ1) is 20.4. The number of oxazole rings is 1. The lowest BCUT2D eigenvalue weighted by Gasteiger charge is -2.10. The number of amides is 1. The Morgan fingerprint density at radius 3 is 2.66 bits per heavy atom. The molecule has 3 aromatic rings. The Bertz CT molecular complexity index is 971. The molecule has 2 aromatic carbocycles. The van der Waals surface area contributed by atoms with E-state index in [1.165, 1.54) is 12.3 Å². The summed E-state index contributed by atoms with van der Waals surface area (Å²) >= 11 is 0. The number of aromatic nitrogens is 1. The maximum atomic E-state index is 13.8. The Morgan fingerprint density at radius 1 is 1.10 bits per heavy atom. The number of aryl methyl sites for hydroxylation is 1. The number of rotatable bonds is 9. The third-order valence-electron chi connectivity index (χ3n) is 4.44. The van der Waals surface area contributed by atoms with E-state index in [2.05, 4.69) is 10.3 Å². The lowest BCUT2D eigenvalue weighted by atomic mass is 10.1. The molecule has 0 aliphatic heterocycles. The zero-order valence-electron chi connectivity index (χ0n) is 16.4. The number of carbonyl (C=O) groups is 1. The Hall–Kier alpha value is -3.35. The summed E-state index contributed by atoms with van der Waals surface area (Å²) in [5.41, 5.74) is 1.39. The zero-order chi connectivity index (χ0) is 20.6. The second kappa shape index (κ2) is 9.73. The van der Waals surface area contributed by atoms with Crippen molar-refractivity contribution in [3.63, 3.8) is 0 Å². The Labute approximate surface area is 168 Å². The number of halogens is 1. The van der Waals surface area contributed by atoms with Crippen LogP contribution in [0, 0.1) is 5.82 Å². The topological polar surface area (TPSA) is 73.6 Å². The Morgan fingerprint density at radius 2 is 1.90 bits per heavy atom. The van der Waals surface area contributed by atoms with Crippen molar-refractivity contribution in [3.05, 3.63) is 65.9 Å². The molecule has 1 heterocycles. The molecule has 0 radical (unpaired) electrons. The molecule has 1 N–H and O–H groups in total. The van der Waals surface area contributed by atoms with Gasteiger partial charge in [-0.2, -0.15) is 0 Å². The quantitative estimate of drug-likeness (QED) is 0.594. The molecule has 1 aromatic heterocycles. The van der Waals surface area contributed by atoms with E-state index >= 15 is 0 Å². The fourth-order valence-electron chi connectivity index (χ4n) is 2.90. The number of hydrogen-bond acceptors (Lipinski definition) is 5. The number of ether oxygens (including phenoxy) is 2. The van der Waals surface area contributed by atoms with Crippen LogP contribution in [0.25, 0.3) is 11.3 Å². The number of nitrogens with one attached hydrogen (secondary N) is 1. The highest BCUT2D eigenvalue weighted by Gasteiger charge is 2.12. The third-order valence-corrected chi connectivity index (χ3v) is 4.44. The minimum absolute atomic E-state index is 0.101. The van der Waals surface area contributed by atoms with Crippen molar-refractivity contribution in [2.24, 2.45) is 0 Å². The number of nitrogens with zero attached hydrogens (tertiary/aromatic N) is 1. The fourth-order valence-corrected chi connectivity index (χ4v) is 2.90. The molecule has 29 heavy (non-hydrogen) atoms. The maximum absolute atomic E-state index is 13.8. The normalized spacial score (nSPS) is 10.6. The lowest BCUT2D eigenvalue weighted by molar-refractivity contribution is -0.121. The molecule has 0 spiro atoms. The van der Waals surface area contributed by atoms with Gasteiger partial charge < -0.3 is 19.2 Å². The van der Waals surface area contributed by atoms with E-state index in [1.54, 1.807) is 32.4 Å². The number of benzene rings is 2. The van der Waals surface area contributed by atoms with Gasteiger partial charge in [0.05, 0.1) is 26.0 Å². The van der Waals surface area contributed by atoms with Crippen LogP contribution in [-0.2, 0) is 17.6 Å². The third kappa shape index (κ3) is 5.34. The van der Waals surface area contributed by atoms with Crippen molar-refractivity contribution < 1.29 is 23.1 Å². The molecule has 0 bridgehead atoms. The lowest BCUT2D eigenvalue weighted by Crippen LogP contribution is -2.25. The molecule has 0 aliphatic carbocycles. The Kier molecular flexibility index (Phi) is 6.84. The molecule has 0 unspecified atom stereocenters. The van der Waals surface area contributed by atoms with Crippen LogP contribution in [0.3, 0.4) is 0 Å². The van der Waals surface area contributed by atoms with E-state index in [0.29, 0.717) is 48.1 Å². The van der Waals surface area contributed by atoms with Gasteiger partial charge in [0, 0.05) is 19.4 Å². The number of methoxy groups -OCH3 is 2. The molecule has 3 rings (SSSR count). The van der Waals surface area contributed by atoms with Gasteiger partial charge in [0.15, 0.2) is 23.1 Å². The van der Waals surface area contributed by atoms with E-state index in [9.17, 15) is 9.18 Å². The highest BCUT2D eigenvalue weighted by atomic mass is 19.1. The second-order valence-electron chi connectivity index (χ2n) is 6.39. The van der Waals surface area contributed by atoms with Gasteiger partial charge in [-0.25, -0.2) is 9.37 Å². The van der Waals surface area contributed by atoms with Crippen molar-refractivity contribution in [2.45, 2.75) is 19.3 Å². The van der Waals surface area contributed by atoms with Crippen LogP contribution in [0.2, 0.25) is 0 Å². The molecule has 6 nitrogen and oxygen atoms in total. The molecule has 1 amide bonds. The van der Waals surface area contributed by atoms with Gasteiger partial charge in [-0.05, 0) is 36.2 Å². The summed E-state index contributed by atoms with van der Waals surface area (Å²) in [6.45, 7) is 0.500. The minimum Gasteiger partial charge on any atom is -0.493 e. The van der Waals surface area contributed by atoms with Crippen LogP contribution >= 0.6 is 0 Å². The summed E-state index contributed by atoms with van der Waals surface area (Å²) in [6.07, 6.45) is 2.73. The van der Waals surface area contributed by atoms with Gasteiger partial charge in [0.1, 0.15) is 5.82 Å². The molecular weight excluding hydrogens is 375 g/mol. The molecule has 0 fully saturated rings. The fraction of sp³-hybridized carbons (Fsp3) is 0.273. The maximum Gasteiger partial charge on any atom is 0.220 e. The largest absolute Gasteiger partial charge is 0.493 e. The van der Waals surface area contributed by atoms with Crippen LogP contribution in [0.4, 0.5) is 4.39 Å². The molecule has 0 saturated carbocycles. The van der Waals surface area contributed by atoms with Gasteiger partial charge in [0.2, 0.25) is 5.91 Å². The van der Waals surface area contributed by atoms with Crippen LogP contribution in [0.5, 0.6) is 11.5 Å². The highest BCUT2D eigenvalue weighted by molar-refractivity contribution is 5.76. The van der Waals surface area contributed by atoms with Crippen molar-refractivity contribution in [3.8, 4) is 22.8 Å². The summed E-state index contributed by atoms with van der Waals surface area (Å²) in [6, 6.07) is 12.0. The summed E-state index contributed by atoms with van der Waals surface area (Å²) in [5, 5.41) is 2.87. The second-order valence-corrected chi connectivity index (χ2v) is 6.39. The molecular formula is C22H23FN2O4. The van der Waals surface area contributed by atoms with E-state index in [-0.39, 0.29) is 18.1 Å². The van der Waals surface area contributed by atoms with Gasteiger partial charge in [0.25, 0.3) is 0 Å². The van der Waals surface area contributed by atoms with Crippen LogP contribution < -0.4 is 14.8 Å². The number of hydrogen-bond donors (Lipinski definition) is 1. The standard InChI is InChI=1S/C22H23FN2O4/c1-27-18-8-7-15(13-19(18)28-2)11-12-24-21(26)9-10-22-25-14-20(29-22)16-5-3-4-6-17(16)23/h3-8,13-14H,9-12H2,1-2H3,(H,24,26). The van der Waals surface area contributed by atoms with Crippen molar-refractivity contribution >= 4 is 5.91 Å². The van der Waals surface area contributed by atoms with Gasteiger partial charge in [-0.15, -0.1) is 0 Å². The predicted molar refractivity (Wildman–Crippen MR) is 106 cm³/mol. The van der Waals surface area contributed by atoms with Crippen LogP contribution in [-0.4, -0.2) is 31.7 Å². The highest BCUT2D eigenvalue weighted by Crippen LogP contribution is 2.27. The molecule has 0 saturated heterocycles. The summed E-state index contributed by atoms with van der Waals surface area (Å²) in [5.74, 6) is 1.61. The first-order valence-electron chi connectivity index (χ1n) is 9.28. The van der Waals surface area contributed by atoms with Crippen molar-refractivity contribution in [1.29, 1.82) is 0 Å². The number of carbonyl (C=O) groups excluding carboxylic acids is 1. The first-order chi connectivity index (χ1) is 14.1. The van der Waals surface area contributed by atoms with E-state index in [1.807, 2.05) is 18.2 Å². The average molecular weight is 398 g/mol. The van der Waals surface area contributed by atoms with Crippen molar-refractivity contribution in [1.82, 2.24) is 10.3 Å². The molecule has 152 valence electrons. The van der Waals surface area contributed by atoms with E-state index < -0.39 is 0 Å². The van der Waals surface area contributed by atoms with Gasteiger partial charge >= 0.3 is 0 Å². The summed E-state index contributed by atoms with van der Waals surface area (Å²) in [4.78, 5) is 16.2. The zero-order valence-corrected chi connectivity index (χ0v) is 16.4. The van der Waals surface area contributed by atoms with Crippen LogP contribution in [0.15, 0.2) is 53.1 Å². The van der Waals surface area contributed by atoms with Gasteiger partial charge in [-0.3, -0.25) is 4.79 Å². The summed E-state index contributed by atoms with van der Waals surface area (Å²) in [7, 11) is 3.18. The van der Waals surface area contributed by atoms with Crippen molar-refractivity contribution in [2.75, 3.05) is 20.8 Å². The molecule has 7 heteroatoms. The van der Waals surface area contributed by atoms with E-state index in [4.69, 9.17) is 13.9 Å². The summed E-state index contributed by atoms with van der Waals surface area (Å²) < 4.78 is 29.9. The molecule has 0 aliphatic rings. The monoisotopic (exact) mass is 398 g/mol. The average Bonchev–Trinajstić information content (AvgIpc) is 3.21. The van der Waals surface area contributed by atoms with E-state index in [0.717, 1.165) is 5.56 Å². The SMILES string of the molecule is COc1ccc(CCNC(=O)CCc2ncc(-c3ccccc3F)o2)cc1OC. The smallest absolute Gasteiger partial charge is 0.220 e. The van der Waals surface area contributed by atoms with Crippen LogP contribution in [0.1, 0.15) is 17.9 Å². The minimum atomic E-state index is -0.372. The molecule has 0 atom stereocenters.